The minimum atomic E-state index is -0.629. The van der Waals surface area contributed by atoms with Crippen LogP contribution in [-0.4, -0.2) is 24.4 Å². The first-order chi connectivity index (χ1) is 10.6. The van der Waals surface area contributed by atoms with E-state index in [9.17, 15) is 9.59 Å². The molecule has 0 unspecified atom stereocenters. The van der Waals surface area contributed by atoms with Crippen LogP contribution in [0.5, 0.6) is 0 Å². The van der Waals surface area contributed by atoms with Gasteiger partial charge < -0.3 is 11.5 Å². The summed E-state index contributed by atoms with van der Waals surface area (Å²) in [5.74, 6) is -0.592. The van der Waals surface area contributed by atoms with E-state index in [0.29, 0.717) is 25.8 Å². The van der Waals surface area contributed by atoms with E-state index in [1.807, 2.05) is 0 Å². The van der Waals surface area contributed by atoms with Gasteiger partial charge in [-0.1, -0.05) is 58.3 Å². The maximum atomic E-state index is 11.6. The normalized spacial score (nSPS) is 12.1. The van der Waals surface area contributed by atoms with Gasteiger partial charge in [0.05, 0.1) is 6.04 Å². The fourth-order valence-electron chi connectivity index (χ4n) is 2.36. The molecule has 130 valence electrons. The summed E-state index contributed by atoms with van der Waals surface area (Å²) in [6.07, 6.45) is 12.5. The lowest BCUT2D eigenvalue weighted by Crippen LogP contribution is -2.43. The van der Waals surface area contributed by atoms with E-state index >= 15 is 0 Å². The van der Waals surface area contributed by atoms with E-state index in [2.05, 4.69) is 12.2 Å². The lowest BCUT2D eigenvalue weighted by atomic mass is 10.1. The van der Waals surface area contributed by atoms with Crippen molar-refractivity contribution in [2.45, 2.75) is 90.0 Å². The van der Waals surface area contributed by atoms with Crippen molar-refractivity contribution in [1.29, 1.82) is 0 Å². The molecule has 0 bridgehead atoms. The first-order valence-corrected chi connectivity index (χ1v) is 8.91. The monoisotopic (exact) mass is 313 g/mol. The Morgan fingerprint density at radius 3 is 2.00 bits per heavy atom. The Morgan fingerprint density at radius 2 is 1.45 bits per heavy atom. The predicted octanol–water partition coefficient (Wildman–Crippen LogP) is 2.62. The van der Waals surface area contributed by atoms with Crippen LogP contribution in [0.4, 0.5) is 0 Å². The van der Waals surface area contributed by atoms with Crippen LogP contribution in [0.2, 0.25) is 0 Å². The Balaban J connectivity index is 3.47. The molecule has 5 N–H and O–H groups in total. The quantitative estimate of drug-likeness (QED) is 0.429. The standard InChI is InChI=1S/C17H35N3O2/c1-2-3-4-5-6-7-8-9-10-13-16(21)20-17(22)15(19)12-11-14-18/h15H,2-14,18-19H2,1H3,(H,20,21,22)/t15-/m0/s1. The molecule has 0 radical (unpaired) electrons. The van der Waals surface area contributed by atoms with Crippen molar-refractivity contribution in [3.63, 3.8) is 0 Å². The summed E-state index contributed by atoms with van der Waals surface area (Å²) in [4.78, 5) is 23.2. The third-order valence-electron chi connectivity index (χ3n) is 3.83. The molecule has 0 aliphatic rings. The Bertz CT molecular complexity index is 296. The van der Waals surface area contributed by atoms with Crippen molar-refractivity contribution in [1.82, 2.24) is 5.32 Å². The fourth-order valence-corrected chi connectivity index (χ4v) is 2.36. The Kier molecular flexibility index (Phi) is 14.3. The van der Waals surface area contributed by atoms with Crippen LogP contribution in [0.1, 0.15) is 84.0 Å². The van der Waals surface area contributed by atoms with Gasteiger partial charge in [0.25, 0.3) is 0 Å². The van der Waals surface area contributed by atoms with Crippen molar-refractivity contribution in [2.75, 3.05) is 6.54 Å². The van der Waals surface area contributed by atoms with Gasteiger partial charge in [0.2, 0.25) is 11.8 Å². The van der Waals surface area contributed by atoms with Crippen LogP contribution in [0, 0.1) is 0 Å². The maximum Gasteiger partial charge on any atom is 0.243 e. The molecule has 2 amide bonds. The average Bonchev–Trinajstić information content (AvgIpc) is 2.50. The maximum absolute atomic E-state index is 11.6. The second kappa shape index (κ2) is 15.0. The highest BCUT2D eigenvalue weighted by atomic mass is 16.2. The molecule has 0 saturated heterocycles. The fraction of sp³-hybridized carbons (Fsp3) is 0.882. The Hall–Kier alpha value is -0.940. The number of imide groups is 1. The molecule has 0 spiro atoms. The molecule has 5 nitrogen and oxygen atoms in total. The molecule has 0 saturated carbocycles. The van der Waals surface area contributed by atoms with Crippen LogP contribution in [0.15, 0.2) is 0 Å². The number of carbonyl (C=O) groups is 2. The van der Waals surface area contributed by atoms with Gasteiger partial charge in [0.1, 0.15) is 0 Å². The lowest BCUT2D eigenvalue weighted by Gasteiger charge is -2.10. The number of amides is 2. The molecule has 5 heteroatoms. The summed E-state index contributed by atoms with van der Waals surface area (Å²) in [5, 5.41) is 2.37. The predicted molar refractivity (Wildman–Crippen MR) is 91.3 cm³/mol. The third kappa shape index (κ3) is 12.8. The van der Waals surface area contributed by atoms with Gasteiger partial charge in [-0.15, -0.1) is 0 Å². The topological polar surface area (TPSA) is 98.2 Å². The zero-order chi connectivity index (χ0) is 16.6. The Labute approximate surface area is 135 Å². The van der Waals surface area contributed by atoms with Gasteiger partial charge >= 0.3 is 0 Å². The number of unbranched alkanes of at least 4 members (excludes halogenated alkanes) is 8. The third-order valence-corrected chi connectivity index (χ3v) is 3.83. The Morgan fingerprint density at radius 1 is 0.909 bits per heavy atom. The summed E-state index contributed by atoms with van der Waals surface area (Å²) < 4.78 is 0. The molecule has 0 aromatic heterocycles. The first kappa shape index (κ1) is 21.1. The van der Waals surface area contributed by atoms with Crippen molar-refractivity contribution >= 4 is 11.8 Å². The lowest BCUT2D eigenvalue weighted by molar-refractivity contribution is -0.131. The second-order valence-electron chi connectivity index (χ2n) is 6.03. The highest BCUT2D eigenvalue weighted by Gasteiger charge is 2.15. The molecule has 0 fully saturated rings. The van der Waals surface area contributed by atoms with Crippen molar-refractivity contribution in [3.05, 3.63) is 0 Å². The largest absolute Gasteiger partial charge is 0.330 e. The van der Waals surface area contributed by atoms with E-state index in [1.165, 1.54) is 44.9 Å². The van der Waals surface area contributed by atoms with E-state index in [4.69, 9.17) is 11.5 Å². The van der Waals surface area contributed by atoms with Gasteiger partial charge in [-0.2, -0.15) is 0 Å². The molecule has 0 aromatic rings. The molecule has 1 atom stereocenters. The van der Waals surface area contributed by atoms with E-state index in [0.717, 1.165) is 12.8 Å². The SMILES string of the molecule is CCCCCCCCCCCC(=O)NC(=O)[C@@H](N)CCCN. The number of carbonyl (C=O) groups excluding carboxylic acids is 2. The molecule has 0 rings (SSSR count). The zero-order valence-corrected chi connectivity index (χ0v) is 14.2. The van der Waals surface area contributed by atoms with E-state index in [1.54, 1.807) is 0 Å². The minimum absolute atomic E-state index is 0.212. The van der Waals surface area contributed by atoms with Crippen LogP contribution in [0.25, 0.3) is 0 Å². The summed E-state index contributed by atoms with van der Waals surface area (Å²) in [6, 6.07) is -0.629. The van der Waals surface area contributed by atoms with Crippen LogP contribution >= 0.6 is 0 Å². The van der Waals surface area contributed by atoms with Gasteiger partial charge in [-0.3, -0.25) is 14.9 Å². The number of hydrogen-bond donors (Lipinski definition) is 3. The molecule has 0 heterocycles. The summed E-state index contributed by atoms with van der Waals surface area (Å²) >= 11 is 0. The van der Waals surface area contributed by atoms with Gasteiger partial charge in [0, 0.05) is 6.42 Å². The van der Waals surface area contributed by atoms with Gasteiger partial charge in [0.15, 0.2) is 0 Å². The van der Waals surface area contributed by atoms with Crippen molar-refractivity contribution < 1.29 is 9.59 Å². The average molecular weight is 313 g/mol. The molecule has 0 aliphatic carbocycles. The summed E-state index contributed by atoms with van der Waals surface area (Å²) in [6.45, 7) is 2.73. The van der Waals surface area contributed by atoms with Crippen LogP contribution < -0.4 is 16.8 Å². The van der Waals surface area contributed by atoms with Crippen molar-refractivity contribution in [3.8, 4) is 0 Å². The second-order valence-corrected chi connectivity index (χ2v) is 6.03. The number of rotatable bonds is 14. The smallest absolute Gasteiger partial charge is 0.243 e. The van der Waals surface area contributed by atoms with Crippen LogP contribution in [0.3, 0.4) is 0 Å². The number of hydrogen-bond acceptors (Lipinski definition) is 4. The first-order valence-electron chi connectivity index (χ1n) is 8.91. The molecule has 0 aromatic carbocycles. The molecular formula is C17H35N3O2. The molecule has 0 aliphatic heterocycles. The number of nitrogens with two attached hydrogens (primary N) is 2. The van der Waals surface area contributed by atoms with Crippen molar-refractivity contribution in [2.24, 2.45) is 11.5 Å². The highest BCUT2D eigenvalue weighted by molar-refractivity contribution is 5.97. The molecule has 22 heavy (non-hydrogen) atoms. The van der Waals surface area contributed by atoms with Crippen LogP contribution in [-0.2, 0) is 9.59 Å². The number of nitrogens with one attached hydrogen (secondary N) is 1. The van der Waals surface area contributed by atoms with E-state index < -0.39 is 6.04 Å². The summed E-state index contributed by atoms with van der Waals surface area (Å²) in [5.41, 5.74) is 11.0. The van der Waals surface area contributed by atoms with E-state index in [-0.39, 0.29) is 11.8 Å². The molecular weight excluding hydrogens is 278 g/mol. The van der Waals surface area contributed by atoms with Gasteiger partial charge in [-0.25, -0.2) is 0 Å². The highest BCUT2D eigenvalue weighted by Crippen LogP contribution is 2.10. The van der Waals surface area contributed by atoms with Gasteiger partial charge in [-0.05, 0) is 25.8 Å². The summed E-state index contributed by atoms with van der Waals surface area (Å²) in [7, 11) is 0. The minimum Gasteiger partial charge on any atom is -0.330 e. The zero-order valence-electron chi connectivity index (χ0n) is 14.2.